The molecule has 1 aliphatic carbocycles. The molecule has 1 fully saturated rings. The van der Waals surface area contributed by atoms with Crippen molar-refractivity contribution in [3.8, 4) is 17.1 Å². The van der Waals surface area contributed by atoms with Gasteiger partial charge in [0.05, 0.1) is 11.3 Å². The van der Waals surface area contributed by atoms with Gasteiger partial charge in [0.25, 0.3) is 0 Å². The number of rotatable bonds is 3. The monoisotopic (exact) mass is 366 g/mol. The van der Waals surface area contributed by atoms with E-state index in [0.29, 0.717) is 10.7 Å². The van der Waals surface area contributed by atoms with Crippen LogP contribution in [0.2, 0.25) is 5.02 Å². The summed E-state index contributed by atoms with van der Waals surface area (Å²) in [5, 5.41) is 11.5. The maximum atomic E-state index is 13.5. The van der Waals surface area contributed by atoms with Gasteiger partial charge in [0, 0.05) is 17.1 Å². The van der Waals surface area contributed by atoms with E-state index in [9.17, 15) is 13.2 Å². The van der Waals surface area contributed by atoms with Gasteiger partial charge in [0.2, 0.25) is 0 Å². The SMILES string of the molecule is FC(F)(F)c1nc(C2CC2)ncc1-c1nnnn1-c1ccc(Cl)cc1. The van der Waals surface area contributed by atoms with Crippen molar-refractivity contribution in [2.45, 2.75) is 24.9 Å². The molecule has 2 heterocycles. The van der Waals surface area contributed by atoms with Crippen LogP contribution in [-0.2, 0) is 6.18 Å². The van der Waals surface area contributed by atoms with Crippen LogP contribution in [0.1, 0.15) is 30.3 Å². The van der Waals surface area contributed by atoms with Gasteiger partial charge in [-0.15, -0.1) is 5.10 Å². The van der Waals surface area contributed by atoms with Gasteiger partial charge in [-0.05, 0) is 47.5 Å². The first-order chi connectivity index (χ1) is 11.9. The van der Waals surface area contributed by atoms with Crippen molar-refractivity contribution in [1.82, 2.24) is 30.2 Å². The number of nitrogens with zero attached hydrogens (tertiary/aromatic N) is 6. The molecule has 0 amide bonds. The molecule has 1 aromatic carbocycles. The van der Waals surface area contributed by atoms with Crippen LogP contribution in [0, 0.1) is 0 Å². The number of hydrogen-bond acceptors (Lipinski definition) is 5. The van der Waals surface area contributed by atoms with E-state index in [0.717, 1.165) is 19.0 Å². The average Bonchev–Trinajstić information content (AvgIpc) is 3.32. The standard InChI is InChI=1S/C15H10ClF3N6/c16-9-3-5-10(6-4-9)25-14(22-23-24-25)11-7-20-13(8-1-2-8)21-12(11)15(17,18)19/h3-8H,1-2H2. The molecule has 3 aromatic rings. The van der Waals surface area contributed by atoms with Crippen molar-refractivity contribution in [2.24, 2.45) is 0 Å². The van der Waals surface area contributed by atoms with Gasteiger partial charge in [0.1, 0.15) is 5.82 Å². The van der Waals surface area contributed by atoms with Crippen LogP contribution in [0.15, 0.2) is 30.5 Å². The van der Waals surface area contributed by atoms with Crippen molar-refractivity contribution >= 4 is 11.6 Å². The third-order valence-electron chi connectivity index (χ3n) is 3.80. The van der Waals surface area contributed by atoms with Crippen LogP contribution in [0.4, 0.5) is 13.2 Å². The average molecular weight is 367 g/mol. The van der Waals surface area contributed by atoms with Gasteiger partial charge in [-0.25, -0.2) is 9.97 Å². The van der Waals surface area contributed by atoms with E-state index in [-0.39, 0.29) is 23.1 Å². The van der Waals surface area contributed by atoms with Gasteiger partial charge in [-0.3, -0.25) is 0 Å². The Bertz CT molecular complexity index is 918. The molecule has 6 nitrogen and oxygen atoms in total. The predicted octanol–water partition coefficient (Wildman–Crippen LogP) is 3.67. The zero-order valence-corrected chi connectivity index (χ0v) is 13.3. The lowest BCUT2D eigenvalue weighted by atomic mass is 10.2. The molecule has 10 heteroatoms. The number of tetrazole rings is 1. The minimum absolute atomic E-state index is 0.00223. The van der Waals surface area contributed by atoms with Crippen LogP contribution < -0.4 is 0 Å². The lowest BCUT2D eigenvalue weighted by Crippen LogP contribution is -2.14. The zero-order valence-electron chi connectivity index (χ0n) is 12.6. The van der Waals surface area contributed by atoms with Gasteiger partial charge in [0.15, 0.2) is 11.5 Å². The Balaban J connectivity index is 1.85. The molecule has 1 aliphatic rings. The van der Waals surface area contributed by atoms with Crippen molar-refractivity contribution < 1.29 is 13.2 Å². The Morgan fingerprint density at radius 1 is 1.12 bits per heavy atom. The lowest BCUT2D eigenvalue weighted by Gasteiger charge is -2.12. The largest absolute Gasteiger partial charge is 0.434 e. The first-order valence-electron chi connectivity index (χ1n) is 7.42. The summed E-state index contributed by atoms with van der Waals surface area (Å²) in [5.74, 6) is 0.126. The van der Waals surface area contributed by atoms with Crippen molar-refractivity contribution in [3.63, 3.8) is 0 Å². The smallest absolute Gasteiger partial charge is 0.240 e. The van der Waals surface area contributed by atoms with Crippen LogP contribution in [0.5, 0.6) is 0 Å². The highest BCUT2D eigenvalue weighted by atomic mass is 35.5. The maximum absolute atomic E-state index is 13.5. The van der Waals surface area contributed by atoms with E-state index >= 15 is 0 Å². The maximum Gasteiger partial charge on any atom is 0.434 e. The van der Waals surface area contributed by atoms with E-state index < -0.39 is 11.9 Å². The predicted molar refractivity (Wildman–Crippen MR) is 82.2 cm³/mol. The van der Waals surface area contributed by atoms with Crippen molar-refractivity contribution in [2.75, 3.05) is 0 Å². The first-order valence-corrected chi connectivity index (χ1v) is 7.80. The Morgan fingerprint density at radius 3 is 2.48 bits per heavy atom. The highest BCUT2D eigenvalue weighted by Gasteiger charge is 2.39. The van der Waals surface area contributed by atoms with E-state index in [2.05, 4.69) is 25.5 Å². The molecule has 2 aromatic heterocycles. The Morgan fingerprint density at radius 2 is 1.84 bits per heavy atom. The van der Waals surface area contributed by atoms with Gasteiger partial charge in [-0.2, -0.15) is 17.9 Å². The summed E-state index contributed by atoms with van der Waals surface area (Å²) in [7, 11) is 0. The van der Waals surface area contributed by atoms with E-state index in [1.807, 2.05) is 0 Å². The summed E-state index contributed by atoms with van der Waals surface area (Å²) in [6, 6.07) is 6.41. The fourth-order valence-electron chi connectivity index (χ4n) is 2.42. The zero-order chi connectivity index (χ0) is 17.6. The second kappa shape index (κ2) is 5.76. The molecule has 4 rings (SSSR count). The highest BCUT2D eigenvalue weighted by Crippen LogP contribution is 2.41. The minimum Gasteiger partial charge on any atom is -0.240 e. The molecular weight excluding hydrogens is 357 g/mol. The molecule has 0 aliphatic heterocycles. The first kappa shape index (κ1) is 15.9. The summed E-state index contributed by atoms with van der Waals surface area (Å²) in [6.45, 7) is 0. The number of alkyl halides is 3. The van der Waals surface area contributed by atoms with Gasteiger partial charge >= 0.3 is 6.18 Å². The Kier molecular flexibility index (Phi) is 3.68. The summed E-state index contributed by atoms with van der Waals surface area (Å²) in [4.78, 5) is 7.82. The fourth-order valence-corrected chi connectivity index (χ4v) is 2.55. The fraction of sp³-hybridized carbons (Fsp3) is 0.267. The van der Waals surface area contributed by atoms with Gasteiger partial charge < -0.3 is 0 Å². The topological polar surface area (TPSA) is 69.4 Å². The molecule has 0 bridgehead atoms. The number of benzene rings is 1. The van der Waals surface area contributed by atoms with Crippen LogP contribution in [0.3, 0.4) is 0 Å². The van der Waals surface area contributed by atoms with Crippen molar-refractivity contribution in [1.29, 1.82) is 0 Å². The molecule has 0 radical (unpaired) electrons. The number of hydrogen-bond donors (Lipinski definition) is 0. The van der Waals surface area contributed by atoms with Crippen LogP contribution in [-0.4, -0.2) is 30.2 Å². The molecular formula is C15H10ClF3N6. The quantitative estimate of drug-likeness (QED) is 0.707. The molecule has 0 unspecified atom stereocenters. The normalized spacial score (nSPS) is 14.7. The molecule has 25 heavy (non-hydrogen) atoms. The van der Waals surface area contributed by atoms with Crippen LogP contribution >= 0.6 is 11.6 Å². The second-order valence-electron chi connectivity index (χ2n) is 5.65. The Hall–Kier alpha value is -2.55. The third kappa shape index (κ3) is 3.07. The Labute approximate surface area is 144 Å². The molecule has 0 atom stereocenters. The summed E-state index contributed by atoms with van der Waals surface area (Å²) < 4.78 is 41.7. The van der Waals surface area contributed by atoms with Crippen molar-refractivity contribution in [3.05, 3.63) is 47.0 Å². The number of halogens is 4. The molecule has 1 saturated carbocycles. The minimum atomic E-state index is -4.64. The molecule has 0 N–H and O–H groups in total. The molecule has 128 valence electrons. The molecule has 0 saturated heterocycles. The molecule has 0 spiro atoms. The van der Waals surface area contributed by atoms with Crippen LogP contribution in [0.25, 0.3) is 17.1 Å². The van der Waals surface area contributed by atoms with E-state index in [1.54, 1.807) is 24.3 Å². The summed E-state index contributed by atoms with van der Waals surface area (Å²) >= 11 is 5.84. The lowest BCUT2D eigenvalue weighted by molar-refractivity contribution is -0.140. The van der Waals surface area contributed by atoms with E-state index in [1.165, 1.54) is 4.68 Å². The second-order valence-corrected chi connectivity index (χ2v) is 6.09. The van der Waals surface area contributed by atoms with Gasteiger partial charge in [-0.1, -0.05) is 11.6 Å². The van der Waals surface area contributed by atoms with E-state index in [4.69, 9.17) is 11.6 Å². The highest BCUT2D eigenvalue weighted by molar-refractivity contribution is 6.30. The number of aromatic nitrogens is 6. The summed E-state index contributed by atoms with van der Waals surface area (Å²) in [6.07, 6.45) is -1.89. The summed E-state index contributed by atoms with van der Waals surface area (Å²) in [5.41, 5.74) is -0.824. The third-order valence-corrected chi connectivity index (χ3v) is 4.05.